The monoisotopic (exact) mass is 269 g/mol. The van der Waals surface area contributed by atoms with Crippen molar-refractivity contribution < 1.29 is 8.95 Å². The fraction of sp³-hybridized carbons (Fsp3) is 0.571. The summed E-state index contributed by atoms with van der Waals surface area (Å²) in [7, 11) is -0.856. The summed E-state index contributed by atoms with van der Waals surface area (Å²) >= 11 is 0. The van der Waals surface area contributed by atoms with Crippen molar-refractivity contribution in [3.05, 3.63) is 29.3 Å². The Kier molecular flexibility index (Phi) is 6.36. The van der Waals surface area contributed by atoms with Gasteiger partial charge in [0, 0.05) is 28.7 Å². The molecule has 0 aliphatic heterocycles. The number of ether oxygens (including phenoxy) is 1. The Morgan fingerprint density at radius 3 is 2.67 bits per heavy atom. The Hall–Kier alpha value is -0.870. The Balaban J connectivity index is 2.99. The van der Waals surface area contributed by atoms with Crippen LogP contribution in [0.4, 0.5) is 0 Å². The lowest BCUT2D eigenvalue weighted by atomic mass is 10.0. The molecule has 0 bridgehead atoms. The molecule has 0 aliphatic carbocycles. The van der Waals surface area contributed by atoms with Crippen LogP contribution in [-0.4, -0.2) is 23.6 Å². The van der Waals surface area contributed by atoms with Crippen LogP contribution < -0.4 is 10.1 Å². The second kappa shape index (κ2) is 7.54. The summed E-state index contributed by atoms with van der Waals surface area (Å²) in [5.74, 6) is 1.39. The molecule has 3 nitrogen and oxygen atoms in total. The molecule has 0 saturated carbocycles. The van der Waals surface area contributed by atoms with Crippen molar-refractivity contribution in [3.8, 4) is 5.75 Å². The summed E-state index contributed by atoms with van der Waals surface area (Å²) in [5, 5.41) is 3.38. The second-order valence-electron chi connectivity index (χ2n) is 4.30. The van der Waals surface area contributed by atoms with Crippen LogP contribution >= 0.6 is 0 Å². The van der Waals surface area contributed by atoms with Crippen LogP contribution in [0.1, 0.15) is 37.9 Å². The van der Waals surface area contributed by atoms with Gasteiger partial charge in [0.2, 0.25) is 0 Å². The van der Waals surface area contributed by atoms with Crippen LogP contribution in [0.15, 0.2) is 18.2 Å². The van der Waals surface area contributed by atoms with Crippen molar-refractivity contribution in [2.75, 3.05) is 19.4 Å². The summed E-state index contributed by atoms with van der Waals surface area (Å²) in [5.41, 5.74) is 2.24. The van der Waals surface area contributed by atoms with E-state index < -0.39 is 10.8 Å². The lowest BCUT2D eigenvalue weighted by Crippen LogP contribution is -2.18. The third kappa shape index (κ3) is 4.42. The number of nitrogens with one attached hydrogen (secondary N) is 1. The van der Waals surface area contributed by atoms with E-state index in [4.69, 9.17) is 4.74 Å². The van der Waals surface area contributed by atoms with E-state index >= 15 is 0 Å². The summed E-state index contributed by atoms with van der Waals surface area (Å²) < 4.78 is 17.0. The maximum absolute atomic E-state index is 11.4. The number of hydrogen-bond acceptors (Lipinski definition) is 3. The van der Waals surface area contributed by atoms with Gasteiger partial charge in [-0.05, 0) is 38.1 Å². The minimum Gasteiger partial charge on any atom is -0.494 e. The molecule has 2 atom stereocenters. The highest BCUT2D eigenvalue weighted by Gasteiger charge is 2.10. The maximum atomic E-state index is 11.4. The number of benzene rings is 1. The molecule has 0 saturated heterocycles. The molecule has 0 amide bonds. The summed E-state index contributed by atoms with van der Waals surface area (Å²) in [6, 6.07) is 6.45. The quantitative estimate of drug-likeness (QED) is 0.827. The molecule has 0 aliphatic rings. The van der Waals surface area contributed by atoms with E-state index in [1.54, 1.807) is 6.26 Å². The molecular weight excluding hydrogens is 246 g/mol. The van der Waals surface area contributed by atoms with Gasteiger partial charge in [-0.15, -0.1) is 0 Å². The van der Waals surface area contributed by atoms with Crippen molar-refractivity contribution in [2.24, 2.45) is 0 Å². The molecule has 1 aromatic carbocycles. The van der Waals surface area contributed by atoms with E-state index in [0.717, 1.165) is 17.9 Å². The highest BCUT2D eigenvalue weighted by Crippen LogP contribution is 2.24. The van der Waals surface area contributed by atoms with Gasteiger partial charge in [0.25, 0.3) is 0 Å². The zero-order valence-electron chi connectivity index (χ0n) is 11.7. The van der Waals surface area contributed by atoms with Gasteiger partial charge < -0.3 is 10.1 Å². The summed E-state index contributed by atoms with van der Waals surface area (Å²) in [6.45, 7) is 7.75. The van der Waals surface area contributed by atoms with Gasteiger partial charge in [0.05, 0.1) is 12.4 Å². The van der Waals surface area contributed by atoms with Crippen LogP contribution in [-0.2, 0) is 16.6 Å². The molecule has 0 spiro atoms. The van der Waals surface area contributed by atoms with Crippen LogP contribution in [0.5, 0.6) is 5.75 Å². The van der Waals surface area contributed by atoms with Crippen LogP contribution in [0, 0.1) is 0 Å². The van der Waals surface area contributed by atoms with Gasteiger partial charge in [-0.1, -0.05) is 13.0 Å². The molecular formula is C14H23NO2S. The summed E-state index contributed by atoms with van der Waals surface area (Å²) in [4.78, 5) is 0. The Morgan fingerprint density at radius 2 is 2.11 bits per heavy atom. The van der Waals surface area contributed by atoms with E-state index in [9.17, 15) is 4.21 Å². The molecule has 1 N–H and O–H groups in total. The van der Waals surface area contributed by atoms with Crippen molar-refractivity contribution in [3.63, 3.8) is 0 Å². The van der Waals surface area contributed by atoms with E-state index in [1.165, 1.54) is 5.56 Å². The number of rotatable bonds is 7. The first kappa shape index (κ1) is 15.2. The molecule has 1 aromatic rings. The average molecular weight is 269 g/mol. The van der Waals surface area contributed by atoms with E-state index in [0.29, 0.717) is 18.4 Å². The highest BCUT2D eigenvalue weighted by molar-refractivity contribution is 7.83. The highest BCUT2D eigenvalue weighted by atomic mass is 32.2. The topological polar surface area (TPSA) is 38.3 Å². The first-order chi connectivity index (χ1) is 8.58. The van der Waals surface area contributed by atoms with Gasteiger partial charge in [-0.25, -0.2) is 0 Å². The van der Waals surface area contributed by atoms with Crippen molar-refractivity contribution in [1.82, 2.24) is 5.32 Å². The maximum Gasteiger partial charge on any atom is 0.123 e. The lowest BCUT2D eigenvalue weighted by Gasteiger charge is -2.16. The first-order valence-corrected chi connectivity index (χ1v) is 8.10. The first-order valence-electron chi connectivity index (χ1n) is 6.37. The van der Waals surface area contributed by atoms with Crippen molar-refractivity contribution in [2.45, 2.75) is 32.6 Å². The van der Waals surface area contributed by atoms with Gasteiger partial charge in [-0.2, -0.15) is 0 Å². The fourth-order valence-corrected chi connectivity index (χ4v) is 2.58. The lowest BCUT2D eigenvalue weighted by molar-refractivity contribution is 0.337. The summed E-state index contributed by atoms with van der Waals surface area (Å²) in [6.07, 6.45) is 1.72. The largest absolute Gasteiger partial charge is 0.494 e. The van der Waals surface area contributed by atoms with Gasteiger partial charge in [0.1, 0.15) is 5.75 Å². The fourth-order valence-electron chi connectivity index (χ4n) is 1.92. The van der Waals surface area contributed by atoms with E-state index in [2.05, 4.69) is 31.3 Å². The SMILES string of the molecule is CCNC(C)c1ccc(OCC)c(CS(C)=O)c1. The van der Waals surface area contributed by atoms with Crippen LogP contribution in [0.2, 0.25) is 0 Å². The molecule has 0 radical (unpaired) electrons. The minimum atomic E-state index is -0.856. The molecule has 0 heterocycles. The molecule has 18 heavy (non-hydrogen) atoms. The Bertz CT molecular complexity index is 407. The third-order valence-corrected chi connectivity index (χ3v) is 3.47. The van der Waals surface area contributed by atoms with Gasteiger partial charge in [-0.3, -0.25) is 4.21 Å². The Labute approximate surface area is 112 Å². The van der Waals surface area contributed by atoms with Gasteiger partial charge in [0.15, 0.2) is 0 Å². The van der Waals surface area contributed by atoms with Crippen molar-refractivity contribution in [1.29, 1.82) is 0 Å². The average Bonchev–Trinajstić information content (AvgIpc) is 2.31. The predicted molar refractivity (Wildman–Crippen MR) is 77.5 cm³/mol. The molecule has 0 aromatic heterocycles. The smallest absolute Gasteiger partial charge is 0.123 e. The van der Waals surface area contributed by atoms with Gasteiger partial charge >= 0.3 is 0 Å². The zero-order chi connectivity index (χ0) is 13.5. The second-order valence-corrected chi connectivity index (χ2v) is 5.73. The predicted octanol–water partition coefficient (Wildman–Crippen LogP) is 2.63. The zero-order valence-corrected chi connectivity index (χ0v) is 12.5. The van der Waals surface area contributed by atoms with Crippen LogP contribution in [0.25, 0.3) is 0 Å². The third-order valence-electron chi connectivity index (χ3n) is 2.75. The minimum absolute atomic E-state index is 0.301. The molecule has 4 heteroatoms. The van der Waals surface area contributed by atoms with E-state index in [-0.39, 0.29) is 0 Å². The van der Waals surface area contributed by atoms with Crippen molar-refractivity contribution >= 4 is 10.8 Å². The number of hydrogen-bond donors (Lipinski definition) is 1. The van der Waals surface area contributed by atoms with Crippen LogP contribution in [0.3, 0.4) is 0 Å². The Morgan fingerprint density at radius 1 is 1.39 bits per heavy atom. The molecule has 1 rings (SSSR count). The molecule has 0 fully saturated rings. The standard InChI is InChI=1S/C14H23NO2S/c1-5-15-11(3)12-7-8-14(17-6-2)13(9-12)10-18(4)16/h7-9,11,15H,5-6,10H2,1-4H3. The normalized spacial score (nSPS) is 14.2. The van der Waals surface area contributed by atoms with E-state index in [1.807, 2.05) is 13.0 Å². The molecule has 2 unspecified atom stereocenters. The molecule has 102 valence electrons.